The van der Waals surface area contributed by atoms with Crippen molar-refractivity contribution in [1.29, 1.82) is 0 Å². The summed E-state index contributed by atoms with van der Waals surface area (Å²) in [6.45, 7) is -1.56. The van der Waals surface area contributed by atoms with Crippen molar-refractivity contribution < 1.29 is 52.7 Å². The van der Waals surface area contributed by atoms with Crippen LogP contribution in [0.5, 0.6) is 0 Å². The number of aliphatic carboxylic acids is 1. The fraction of sp³-hybridized carbons (Fsp3) is 0.462. The molecule has 5 N–H and O–H groups in total. The Kier molecular flexibility index (Phi) is 8.09. The number of carboxylic acid groups (broad SMARTS) is 1. The van der Waals surface area contributed by atoms with Crippen molar-refractivity contribution in [1.82, 2.24) is 5.32 Å². The van der Waals surface area contributed by atoms with Gasteiger partial charge < -0.3 is 35.2 Å². The van der Waals surface area contributed by atoms with Crippen LogP contribution in [0.1, 0.15) is 30.4 Å². The normalized spacial score (nSPS) is 25.9. The smallest absolute Gasteiger partial charge is 0.405 e. The standard InChI is InChI=1S/C26H28F3NO8/c27-26(28,29)13-30-24(36)25(16-9-3-1-7-14(16)15-8-2-4-10-17(15)25)11-5-6-12-37-23-20(33)18(31)19(32)21(38-23)22(34)35/h1-4,7-10,18-21,23,31-33H,5-6,11-13H2,(H,30,36)(H,34,35)/t18-,19-,20+,21-,23+/m0/s1. The van der Waals surface area contributed by atoms with Gasteiger partial charge in [-0.25, -0.2) is 4.79 Å². The molecule has 0 saturated carbocycles. The Morgan fingerprint density at radius 3 is 2.05 bits per heavy atom. The molecule has 206 valence electrons. The molecule has 1 amide bonds. The average Bonchev–Trinajstić information content (AvgIpc) is 3.17. The number of carbonyl (C=O) groups excluding carboxylic acids is 1. The highest BCUT2D eigenvalue weighted by atomic mass is 19.4. The number of alkyl halides is 3. The summed E-state index contributed by atoms with van der Waals surface area (Å²) in [5.74, 6) is -2.32. The number of benzene rings is 2. The van der Waals surface area contributed by atoms with Crippen molar-refractivity contribution in [2.75, 3.05) is 13.2 Å². The minimum absolute atomic E-state index is 0.0829. The molecule has 1 aliphatic heterocycles. The van der Waals surface area contributed by atoms with Crippen LogP contribution in [0.4, 0.5) is 13.2 Å². The molecule has 0 bridgehead atoms. The monoisotopic (exact) mass is 539 g/mol. The second-order valence-electron chi connectivity index (χ2n) is 9.36. The van der Waals surface area contributed by atoms with Crippen LogP contribution in [0.2, 0.25) is 0 Å². The Bertz CT molecular complexity index is 1130. The fourth-order valence-electron chi connectivity index (χ4n) is 5.17. The van der Waals surface area contributed by atoms with E-state index in [2.05, 4.69) is 5.32 Å². The average molecular weight is 540 g/mol. The van der Waals surface area contributed by atoms with Gasteiger partial charge in [-0.15, -0.1) is 0 Å². The van der Waals surface area contributed by atoms with Gasteiger partial charge in [0.25, 0.3) is 0 Å². The number of unbranched alkanes of at least 4 members (excludes halogenated alkanes) is 1. The molecule has 0 unspecified atom stereocenters. The van der Waals surface area contributed by atoms with Crippen LogP contribution in [-0.2, 0) is 24.5 Å². The van der Waals surface area contributed by atoms with Crippen LogP contribution in [0.3, 0.4) is 0 Å². The zero-order chi connectivity index (χ0) is 27.7. The summed E-state index contributed by atoms with van der Waals surface area (Å²) < 4.78 is 49.4. The minimum atomic E-state index is -4.59. The quantitative estimate of drug-likeness (QED) is 0.303. The van der Waals surface area contributed by atoms with E-state index in [1.165, 1.54) is 0 Å². The van der Waals surface area contributed by atoms with Crippen molar-refractivity contribution >= 4 is 11.9 Å². The van der Waals surface area contributed by atoms with Crippen molar-refractivity contribution in [3.63, 3.8) is 0 Å². The third-order valence-electron chi connectivity index (χ3n) is 6.94. The Labute approximate surface area is 215 Å². The first-order valence-corrected chi connectivity index (χ1v) is 12.1. The number of nitrogens with one attached hydrogen (secondary N) is 1. The van der Waals surface area contributed by atoms with Gasteiger partial charge in [0.1, 0.15) is 30.3 Å². The zero-order valence-corrected chi connectivity index (χ0v) is 20.1. The topological polar surface area (TPSA) is 146 Å². The van der Waals surface area contributed by atoms with Crippen molar-refractivity contribution in [3.8, 4) is 11.1 Å². The number of hydrogen-bond donors (Lipinski definition) is 5. The maximum absolute atomic E-state index is 13.5. The van der Waals surface area contributed by atoms with Gasteiger partial charge in [0.15, 0.2) is 12.4 Å². The molecular weight excluding hydrogens is 511 g/mol. The molecule has 38 heavy (non-hydrogen) atoms. The molecule has 0 aromatic heterocycles. The number of aliphatic hydroxyl groups is 3. The van der Waals surface area contributed by atoms with Gasteiger partial charge >= 0.3 is 12.1 Å². The number of carbonyl (C=O) groups is 2. The van der Waals surface area contributed by atoms with Crippen LogP contribution in [0.25, 0.3) is 11.1 Å². The molecule has 4 rings (SSSR count). The highest BCUT2D eigenvalue weighted by Gasteiger charge is 2.50. The number of halogens is 3. The molecule has 5 atom stereocenters. The fourth-order valence-corrected chi connectivity index (χ4v) is 5.17. The predicted octanol–water partition coefficient (Wildman–Crippen LogP) is 1.71. The summed E-state index contributed by atoms with van der Waals surface area (Å²) in [6.07, 6.45) is -12.6. The molecule has 2 aliphatic rings. The number of aliphatic hydroxyl groups excluding tert-OH is 3. The van der Waals surface area contributed by atoms with Gasteiger partial charge in [-0.2, -0.15) is 13.2 Å². The van der Waals surface area contributed by atoms with Crippen LogP contribution < -0.4 is 5.32 Å². The molecule has 1 aliphatic carbocycles. The third kappa shape index (κ3) is 5.27. The van der Waals surface area contributed by atoms with Crippen LogP contribution >= 0.6 is 0 Å². The molecule has 2 aromatic carbocycles. The molecule has 0 radical (unpaired) electrons. The van der Waals surface area contributed by atoms with Crippen LogP contribution in [-0.4, -0.2) is 82.3 Å². The lowest BCUT2D eigenvalue weighted by Gasteiger charge is -2.38. The number of fused-ring (bicyclic) bond motifs is 3. The molecule has 1 heterocycles. The van der Waals surface area contributed by atoms with E-state index in [0.717, 1.165) is 11.1 Å². The van der Waals surface area contributed by atoms with E-state index in [1.807, 2.05) is 12.1 Å². The lowest BCUT2D eigenvalue weighted by atomic mass is 9.73. The van der Waals surface area contributed by atoms with E-state index in [9.17, 15) is 38.1 Å². The SMILES string of the molecule is O=C(O)[C@H]1O[C@@H](OCCCCC2(C(=O)NCC(F)(F)F)c3ccccc3-c3ccccc32)[C@H](O)[C@@H](O)[C@@H]1O. The van der Waals surface area contributed by atoms with Gasteiger partial charge in [-0.1, -0.05) is 48.5 Å². The summed E-state index contributed by atoms with van der Waals surface area (Å²) >= 11 is 0. The molecular formula is C26H28F3NO8. The molecule has 0 spiro atoms. The molecule has 12 heteroatoms. The number of ether oxygens (including phenoxy) is 2. The van der Waals surface area contributed by atoms with Crippen LogP contribution in [0, 0.1) is 0 Å². The van der Waals surface area contributed by atoms with Crippen molar-refractivity contribution in [3.05, 3.63) is 59.7 Å². The van der Waals surface area contributed by atoms with Crippen molar-refractivity contribution in [2.24, 2.45) is 0 Å². The summed E-state index contributed by atoms with van der Waals surface area (Å²) in [7, 11) is 0. The Balaban J connectivity index is 1.50. The summed E-state index contributed by atoms with van der Waals surface area (Å²) in [4.78, 5) is 24.7. The zero-order valence-electron chi connectivity index (χ0n) is 20.1. The number of carboxylic acids is 1. The van der Waals surface area contributed by atoms with E-state index in [0.29, 0.717) is 17.5 Å². The summed E-state index contributed by atoms with van der Waals surface area (Å²) in [5.41, 5.74) is 1.32. The van der Waals surface area contributed by atoms with E-state index in [4.69, 9.17) is 14.6 Å². The minimum Gasteiger partial charge on any atom is -0.479 e. The maximum atomic E-state index is 13.5. The molecule has 1 saturated heterocycles. The van der Waals surface area contributed by atoms with Crippen LogP contribution in [0.15, 0.2) is 48.5 Å². The first kappa shape index (κ1) is 28.0. The van der Waals surface area contributed by atoms with Gasteiger partial charge in [-0.05, 0) is 41.5 Å². The number of amides is 1. The summed E-state index contributed by atoms with van der Waals surface area (Å²) in [6, 6.07) is 14.1. The Morgan fingerprint density at radius 1 is 0.921 bits per heavy atom. The van der Waals surface area contributed by atoms with E-state index < -0.39 is 60.7 Å². The van der Waals surface area contributed by atoms with Gasteiger partial charge in [0.05, 0.1) is 0 Å². The number of rotatable bonds is 9. The Hall–Kier alpha value is -3.03. The maximum Gasteiger partial charge on any atom is 0.405 e. The van der Waals surface area contributed by atoms with E-state index >= 15 is 0 Å². The molecule has 1 fully saturated rings. The van der Waals surface area contributed by atoms with Gasteiger partial charge in [-0.3, -0.25) is 4.79 Å². The van der Waals surface area contributed by atoms with Gasteiger partial charge in [0.2, 0.25) is 5.91 Å². The second-order valence-corrected chi connectivity index (χ2v) is 9.36. The first-order valence-electron chi connectivity index (χ1n) is 12.1. The molecule has 2 aromatic rings. The first-order chi connectivity index (χ1) is 18.0. The highest BCUT2D eigenvalue weighted by Crippen LogP contribution is 2.51. The third-order valence-corrected chi connectivity index (χ3v) is 6.94. The molecule has 9 nitrogen and oxygen atoms in total. The Morgan fingerprint density at radius 2 is 1.50 bits per heavy atom. The lowest BCUT2D eigenvalue weighted by molar-refractivity contribution is -0.294. The van der Waals surface area contributed by atoms with E-state index in [1.54, 1.807) is 36.4 Å². The van der Waals surface area contributed by atoms with Crippen molar-refractivity contribution in [2.45, 2.75) is 61.6 Å². The lowest BCUT2D eigenvalue weighted by Crippen LogP contribution is -2.60. The highest BCUT2D eigenvalue weighted by molar-refractivity contribution is 6.00. The largest absolute Gasteiger partial charge is 0.479 e. The van der Waals surface area contributed by atoms with Gasteiger partial charge in [0, 0.05) is 6.61 Å². The summed E-state index contributed by atoms with van der Waals surface area (Å²) in [5, 5.41) is 41.0. The van der Waals surface area contributed by atoms with E-state index in [-0.39, 0.29) is 19.4 Å². The second kappa shape index (κ2) is 11.0. The number of hydrogen-bond acceptors (Lipinski definition) is 7. The predicted molar refractivity (Wildman–Crippen MR) is 126 cm³/mol.